The molecule has 0 unspecified atom stereocenters. The van der Waals surface area contributed by atoms with Crippen LogP contribution in [0.3, 0.4) is 0 Å². The maximum absolute atomic E-state index is 13.0. The van der Waals surface area contributed by atoms with Crippen LogP contribution in [0.5, 0.6) is 0 Å². The fourth-order valence-corrected chi connectivity index (χ4v) is 2.44. The van der Waals surface area contributed by atoms with E-state index in [-0.39, 0.29) is 5.82 Å². The van der Waals surface area contributed by atoms with E-state index in [1.165, 1.54) is 19.1 Å². The van der Waals surface area contributed by atoms with Crippen molar-refractivity contribution in [2.24, 2.45) is 0 Å². The van der Waals surface area contributed by atoms with Gasteiger partial charge in [0, 0.05) is 4.70 Å². The second-order valence-electron chi connectivity index (χ2n) is 3.83. The molecular weight excluding hydrogens is 257 g/mol. The Labute approximate surface area is 106 Å². The van der Waals surface area contributed by atoms with Crippen LogP contribution in [-0.2, 0) is 4.79 Å². The van der Waals surface area contributed by atoms with Gasteiger partial charge in [-0.25, -0.2) is 4.39 Å². The third-order valence-electron chi connectivity index (χ3n) is 2.42. The Balaban J connectivity index is 2.26. The maximum atomic E-state index is 13.0. The Bertz CT molecular complexity index is 623. The number of hydrogen-bond donors (Lipinski definition) is 2. The zero-order valence-electron chi connectivity index (χ0n) is 9.44. The van der Waals surface area contributed by atoms with Crippen molar-refractivity contribution in [3.05, 3.63) is 35.0 Å². The third kappa shape index (κ3) is 2.48. The summed E-state index contributed by atoms with van der Waals surface area (Å²) in [4.78, 5) is 22.7. The molecule has 1 heterocycles. The van der Waals surface area contributed by atoms with Crippen LogP contribution in [0.25, 0.3) is 10.1 Å². The van der Waals surface area contributed by atoms with Crippen molar-refractivity contribution in [2.45, 2.75) is 13.0 Å². The summed E-state index contributed by atoms with van der Waals surface area (Å²) in [6.07, 6.45) is 0. The predicted octanol–water partition coefficient (Wildman–Crippen LogP) is 2.24. The van der Waals surface area contributed by atoms with E-state index in [1.54, 1.807) is 12.1 Å². The molecule has 6 heteroatoms. The van der Waals surface area contributed by atoms with E-state index < -0.39 is 17.9 Å². The molecule has 0 aliphatic rings. The van der Waals surface area contributed by atoms with Crippen molar-refractivity contribution < 1.29 is 19.1 Å². The van der Waals surface area contributed by atoms with Crippen molar-refractivity contribution in [1.29, 1.82) is 0 Å². The Morgan fingerprint density at radius 3 is 2.78 bits per heavy atom. The highest BCUT2D eigenvalue weighted by Gasteiger charge is 2.17. The first-order chi connectivity index (χ1) is 8.47. The molecule has 1 aromatic heterocycles. The molecule has 2 aromatic rings. The van der Waals surface area contributed by atoms with Crippen LogP contribution < -0.4 is 5.32 Å². The zero-order valence-corrected chi connectivity index (χ0v) is 10.3. The lowest BCUT2D eigenvalue weighted by atomic mass is 10.2. The minimum absolute atomic E-state index is 0.365. The quantitative estimate of drug-likeness (QED) is 0.896. The molecule has 0 saturated heterocycles. The number of nitrogens with one attached hydrogen (secondary N) is 1. The van der Waals surface area contributed by atoms with Gasteiger partial charge in [-0.2, -0.15) is 0 Å². The summed E-state index contributed by atoms with van der Waals surface area (Å²) >= 11 is 1.13. The van der Waals surface area contributed by atoms with E-state index in [9.17, 15) is 14.0 Å². The van der Waals surface area contributed by atoms with Gasteiger partial charge in [-0.3, -0.25) is 9.59 Å². The standard InChI is InChI=1S/C12H10FNO3S/c1-6(12(16)17)14-11(15)10-4-7-2-3-8(13)5-9(7)18-10/h2-6H,1H3,(H,14,15)(H,16,17)/t6-/m1/s1. The first kappa shape index (κ1) is 12.5. The van der Waals surface area contributed by atoms with Crippen molar-refractivity contribution in [3.63, 3.8) is 0 Å². The summed E-state index contributed by atoms with van der Waals surface area (Å²) in [6, 6.07) is 4.90. The molecule has 0 aliphatic heterocycles. The van der Waals surface area contributed by atoms with Crippen LogP contribution in [-0.4, -0.2) is 23.0 Å². The molecule has 0 saturated carbocycles. The van der Waals surface area contributed by atoms with E-state index in [4.69, 9.17) is 5.11 Å². The summed E-state index contributed by atoms with van der Waals surface area (Å²) in [6.45, 7) is 1.38. The summed E-state index contributed by atoms with van der Waals surface area (Å²) in [5.41, 5.74) is 0. The number of hydrogen-bond acceptors (Lipinski definition) is 3. The number of thiophene rings is 1. The van der Waals surface area contributed by atoms with Crippen molar-refractivity contribution in [2.75, 3.05) is 0 Å². The second-order valence-corrected chi connectivity index (χ2v) is 4.91. The summed E-state index contributed by atoms with van der Waals surface area (Å²) < 4.78 is 13.6. The molecule has 0 fully saturated rings. The van der Waals surface area contributed by atoms with Crippen molar-refractivity contribution in [1.82, 2.24) is 5.32 Å². The SMILES string of the molecule is C[C@@H](NC(=O)c1cc2ccc(F)cc2s1)C(=O)O. The lowest BCUT2D eigenvalue weighted by molar-refractivity contribution is -0.138. The van der Waals surface area contributed by atoms with E-state index in [0.29, 0.717) is 9.58 Å². The van der Waals surface area contributed by atoms with Crippen LogP contribution >= 0.6 is 11.3 Å². The highest BCUT2D eigenvalue weighted by atomic mass is 32.1. The van der Waals surface area contributed by atoms with Gasteiger partial charge >= 0.3 is 5.97 Å². The van der Waals surface area contributed by atoms with E-state index in [2.05, 4.69) is 5.32 Å². The highest BCUT2D eigenvalue weighted by Crippen LogP contribution is 2.26. The molecule has 2 N–H and O–H groups in total. The Hall–Kier alpha value is -1.95. The number of aliphatic carboxylic acids is 1. The van der Waals surface area contributed by atoms with E-state index in [1.807, 2.05) is 0 Å². The molecule has 18 heavy (non-hydrogen) atoms. The minimum atomic E-state index is -1.10. The molecule has 4 nitrogen and oxygen atoms in total. The van der Waals surface area contributed by atoms with E-state index in [0.717, 1.165) is 16.7 Å². The number of carbonyl (C=O) groups excluding carboxylic acids is 1. The number of halogens is 1. The molecule has 1 aromatic carbocycles. The fraction of sp³-hybridized carbons (Fsp3) is 0.167. The van der Waals surface area contributed by atoms with Gasteiger partial charge in [-0.1, -0.05) is 6.07 Å². The van der Waals surface area contributed by atoms with Crippen LogP contribution in [0.4, 0.5) is 4.39 Å². The number of carboxylic acids is 1. The minimum Gasteiger partial charge on any atom is -0.480 e. The molecule has 1 atom stereocenters. The molecular formula is C12H10FNO3S. The topological polar surface area (TPSA) is 66.4 Å². The van der Waals surface area contributed by atoms with Crippen molar-refractivity contribution >= 4 is 33.3 Å². The maximum Gasteiger partial charge on any atom is 0.325 e. The molecule has 0 radical (unpaired) electrons. The second kappa shape index (κ2) is 4.73. The zero-order chi connectivity index (χ0) is 13.3. The molecule has 94 valence electrons. The van der Waals surface area contributed by atoms with Gasteiger partial charge in [0.25, 0.3) is 5.91 Å². The summed E-state index contributed by atoms with van der Waals surface area (Å²) in [5, 5.41) is 11.8. The Morgan fingerprint density at radius 2 is 2.11 bits per heavy atom. The van der Waals surface area contributed by atoms with E-state index >= 15 is 0 Å². The predicted molar refractivity (Wildman–Crippen MR) is 66.3 cm³/mol. The van der Waals surface area contributed by atoms with Gasteiger partial charge in [0.1, 0.15) is 11.9 Å². The van der Waals surface area contributed by atoms with Gasteiger partial charge in [-0.05, 0) is 30.5 Å². The summed E-state index contributed by atoms with van der Waals surface area (Å²) in [5.74, 6) is -1.93. The molecule has 0 bridgehead atoms. The fourth-order valence-electron chi connectivity index (χ4n) is 1.45. The van der Waals surface area contributed by atoms with Crippen LogP contribution in [0.1, 0.15) is 16.6 Å². The van der Waals surface area contributed by atoms with Crippen LogP contribution in [0.15, 0.2) is 24.3 Å². The van der Waals surface area contributed by atoms with Gasteiger partial charge in [0.15, 0.2) is 0 Å². The van der Waals surface area contributed by atoms with Crippen LogP contribution in [0, 0.1) is 5.82 Å². The molecule has 2 rings (SSSR count). The normalized spacial score (nSPS) is 12.3. The highest BCUT2D eigenvalue weighted by molar-refractivity contribution is 7.20. The molecule has 1 amide bonds. The largest absolute Gasteiger partial charge is 0.480 e. The van der Waals surface area contributed by atoms with Crippen LogP contribution in [0.2, 0.25) is 0 Å². The monoisotopic (exact) mass is 267 g/mol. The Morgan fingerprint density at radius 1 is 1.39 bits per heavy atom. The Kier molecular flexibility index (Phi) is 3.29. The molecule has 0 aliphatic carbocycles. The smallest absolute Gasteiger partial charge is 0.325 e. The van der Waals surface area contributed by atoms with Gasteiger partial charge in [0.2, 0.25) is 0 Å². The van der Waals surface area contributed by atoms with Gasteiger partial charge in [0.05, 0.1) is 4.88 Å². The number of rotatable bonds is 3. The third-order valence-corrected chi connectivity index (χ3v) is 3.52. The van der Waals surface area contributed by atoms with Crippen molar-refractivity contribution in [3.8, 4) is 0 Å². The number of fused-ring (bicyclic) bond motifs is 1. The number of amides is 1. The average Bonchev–Trinajstić information content (AvgIpc) is 2.71. The first-order valence-corrected chi connectivity index (χ1v) is 6.02. The number of carbonyl (C=O) groups is 2. The van der Waals surface area contributed by atoms with Gasteiger partial charge in [-0.15, -0.1) is 11.3 Å². The lowest BCUT2D eigenvalue weighted by Crippen LogP contribution is -2.37. The first-order valence-electron chi connectivity index (χ1n) is 5.20. The number of carboxylic acid groups (broad SMARTS) is 1. The average molecular weight is 267 g/mol. The summed E-state index contributed by atoms with van der Waals surface area (Å²) in [7, 11) is 0. The van der Waals surface area contributed by atoms with Gasteiger partial charge < -0.3 is 10.4 Å². The lowest BCUT2D eigenvalue weighted by Gasteiger charge is -2.07. The number of benzene rings is 1. The molecule has 0 spiro atoms.